The van der Waals surface area contributed by atoms with E-state index in [4.69, 9.17) is 0 Å². The number of hydrogen-bond donors (Lipinski definition) is 0. The summed E-state index contributed by atoms with van der Waals surface area (Å²) in [6, 6.07) is 9.99. The minimum atomic E-state index is -3.17. The molecule has 0 aliphatic rings. The third-order valence-corrected chi connectivity index (χ3v) is 4.89. The van der Waals surface area contributed by atoms with Crippen molar-refractivity contribution in [1.82, 2.24) is 13.9 Å². The van der Waals surface area contributed by atoms with E-state index in [9.17, 15) is 8.42 Å². The summed E-state index contributed by atoms with van der Waals surface area (Å²) in [4.78, 5) is 4.53. The number of rotatable bonds is 6. The molecule has 5 nitrogen and oxygen atoms in total. The third-order valence-electron chi connectivity index (χ3n) is 3.57. The second kappa shape index (κ2) is 7.10. The predicted molar refractivity (Wildman–Crippen MR) is 94.5 cm³/mol. The number of sulfonamides is 1. The van der Waals surface area contributed by atoms with Crippen LogP contribution < -0.4 is 0 Å². The van der Waals surface area contributed by atoms with Crippen molar-refractivity contribution in [3.8, 4) is 11.3 Å². The quantitative estimate of drug-likeness (QED) is 0.817. The summed E-state index contributed by atoms with van der Waals surface area (Å²) in [5.41, 5.74) is 4.13. The normalized spacial score (nSPS) is 11.7. The monoisotopic (exact) mass is 333 g/mol. The van der Waals surface area contributed by atoms with Crippen LogP contribution in [0.5, 0.6) is 0 Å². The first-order chi connectivity index (χ1) is 10.8. The SMILES string of the molecule is CC(C)=Cc1c(-c2ccccc2)ncn1CCN(C)S(C)(=O)=O. The minimum Gasteiger partial charge on any atom is -0.329 e. The molecule has 0 saturated carbocycles. The van der Waals surface area contributed by atoms with Gasteiger partial charge >= 0.3 is 0 Å². The molecule has 1 aromatic carbocycles. The topological polar surface area (TPSA) is 55.2 Å². The molecule has 0 spiro atoms. The lowest BCUT2D eigenvalue weighted by Crippen LogP contribution is -2.29. The van der Waals surface area contributed by atoms with Gasteiger partial charge < -0.3 is 4.57 Å². The van der Waals surface area contributed by atoms with Crippen molar-refractivity contribution in [1.29, 1.82) is 0 Å². The molecular formula is C17H23N3O2S. The maximum Gasteiger partial charge on any atom is 0.211 e. The van der Waals surface area contributed by atoms with Gasteiger partial charge in [0.2, 0.25) is 10.0 Å². The summed E-state index contributed by atoms with van der Waals surface area (Å²) in [7, 11) is -1.58. The van der Waals surface area contributed by atoms with E-state index in [1.54, 1.807) is 13.4 Å². The zero-order chi connectivity index (χ0) is 17.0. The standard InChI is InChI=1S/C17H23N3O2S/c1-14(2)12-16-17(15-8-6-5-7-9-15)18-13-20(16)11-10-19(3)23(4,21)22/h5-9,12-13H,10-11H2,1-4H3. The summed E-state index contributed by atoms with van der Waals surface area (Å²) in [5, 5.41) is 0. The van der Waals surface area contributed by atoms with Crippen LogP contribution in [0.15, 0.2) is 42.2 Å². The summed E-state index contributed by atoms with van der Waals surface area (Å²) in [5.74, 6) is 0. The van der Waals surface area contributed by atoms with Crippen LogP contribution >= 0.6 is 0 Å². The van der Waals surface area contributed by atoms with Gasteiger partial charge in [-0.05, 0) is 19.9 Å². The summed E-state index contributed by atoms with van der Waals surface area (Å²) < 4.78 is 26.4. The largest absolute Gasteiger partial charge is 0.329 e. The van der Waals surface area contributed by atoms with Crippen LogP contribution in [0, 0.1) is 0 Å². The Bertz CT molecular complexity index is 789. The molecule has 124 valence electrons. The van der Waals surface area contributed by atoms with Gasteiger partial charge in [0.15, 0.2) is 0 Å². The zero-order valence-corrected chi connectivity index (χ0v) is 14.8. The number of benzene rings is 1. The molecule has 0 saturated heterocycles. The molecule has 0 amide bonds. The molecule has 1 heterocycles. The van der Waals surface area contributed by atoms with Crippen LogP contribution in [0.25, 0.3) is 17.3 Å². The number of hydrogen-bond acceptors (Lipinski definition) is 3. The van der Waals surface area contributed by atoms with E-state index >= 15 is 0 Å². The Kier molecular flexibility index (Phi) is 5.38. The Morgan fingerprint density at radius 1 is 1.26 bits per heavy atom. The van der Waals surface area contributed by atoms with E-state index in [2.05, 4.69) is 11.1 Å². The molecule has 0 radical (unpaired) electrons. The first-order valence-corrected chi connectivity index (χ1v) is 9.30. The second-order valence-corrected chi connectivity index (χ2v) is 7.93. The van der Waals surface area contributed by atoms with Crippen LogP contribution in [-0.4, -0.2) is 42.1 Å². The first kappa shape index (κ1) is 17.4. The van der Waals surface area contributed by atoms with Crippen LogP contribution in [0.3, 0.4) is 0 Å². The zero-order valence-electron chi connectivity index (χ0n) is 14.0. The van der Waals surface area contributed by atoms with Crippen molar-refractivity contribution in [2.75, 3.05) is 19.8 Å². The molecule has 1 aromatic heterocycles. The predicted octanol–water partition coefficient (Wildman–Crippen LogP) is 2.86. The lowest BCUT2D eigenvalue weighted by Gasteiger charge is -2.15. The summed E-state index contributed by atoms with van der Waals surface area (Å²) >= 11 is 0. The van der Waals surface area contributed by atoms with Crippen molar-refractivity contribution in [2.45, 2.75) is 20.4 Å². The van der Waals surface area contributed by atoms with Gasteiger partial charge in [0.25, 0.3) is 0 Å². The Balaban J connectivity index is 2.34. The second-order valence-electron chi connectivity index (χ2n) is 5.84. The van der Waals surface area contributed by atoms with Gasteiger partial charge in [0, 0.05) is 25.7 Å². The number of likely N-dealkylation sites (N-methyl/N-ethyl adjacent to an activating group) is 1. The van der Waals surface area contributed by atoms with Gasteiger partial charge in [-0.3, -0.25) is 0 Å². The van der Waals surface area contributed by atoms with Gasteiger partial charge in [-0.1, -0.05) is 35.9 Å². The summed E-state index contributed by atoms with van der Waals surface area (Å²) in [6.07, 6.45) is 5.07. The Labute approximate surface area is 138 Å². The van der Waals surface area contributed by atoms with Crippen LogP contribution in [0.4, 0.5) is 0 Å². The fourth-order valence-electron chi connectivity index (χ4n) is 2.23. The van der Waals surface area contributed by atoms with Crippen molar-refractivity contribution < 1.29 is 8.42 Å². The van der Waals surface area contributed by atoms with Crippen LogP contribution in [-0.2, 0) is 16.6 Å². The van der Waals surface area contributed by atoms with E-state index in [-0.39, 0.29) is 0 Å². The number of allylic oxidation sites excluding steroid dienone is 1. The van der Waals surface area contributed by atoms with Gasteiger partial charge in [0.05, 0.1) is 24.0 Å². The van der Waals surface area contributed by atoms with Crippen LogP contribution in [0.2, 0.25) is 0 Å². The molecule has 2 aromatic rings. The third kappa shape index (κ3) is 4.53. The van der Waals surface area contributed by atoms with Gasteiger partial charge in [-0.15, -0.1) is 0 Å². The minimum absolute atomic E-state index is 0.410. The van der Waals surface area contributed by atoms with E-state index in [1.807, 2.05) is 48.7 Å². The lowest BCUT2D eigenvalue weighted by molar-refractivity contribution is 0.449. The van der Waals surface area contributed by atoms with Crippen molar-refractivity contribution >= 4 is 16.1 Å². The van der Waals surface area contributed by atoms with Crippen molar-refractivity contribution in [2.24, 2.45) is 0 Å². The Hall–Kier alpha value is -1.92. The molecule has 2 rings (SSSR count). The number of aromatic nitrogens is 2. The molecule has 0 bridgehead atoms. The van der Waals surface area contributed by atoms with E-state index in [0.717, 1.165) is 17.0 Å². The Morgan fingerprint density at radius 2 is 1.91 bits per heavy atom. The van der Waals surface area contributed by atoms with Crippen LogP contribution in [0.1, 0.15) is 19.5 Å². The average molecular weight is 333 g/mol. The highest BCUT2D eigenvalue weighted by Crippen LogP contribution is 2.24. The molecule has 0 N–H and O–H groups in total. The highest BCUT2D eigenvalue weighted by atomic mass is 32.2. The maximum atomic E-state index is 11.5. The fourth-order valence-corrected chi connectivity index (χ4v) is 2.64. The molecule has 6 heteroatoms. The average Bonchev–Trinajstić information content (AvgIpc) is 2.86. The van der Waals surface area contributed by atoms with Crippen molar-refractivity contribution in [3.63, 3.8) is 0 Å². The maximum absolute atomic E-state index is 11.5. The molecule has 0 atom stereocenters. The van der Waals surface area contributed by atoms with Gasteiger partial charge in [-0.2, -0.15) is 0 Å². The smallest absolute Gasteiger partial charge is 0.211 e. The lowest BCUT2D eigenvalue weighted by atomic mass is 10.1. The fraction of sp³-hybridized carbons (Fsp3) is 0.353. The van der Waals surface area contributed by atoms with E-state index < -0.39 is 10.0 Å². The number of nitrogens with zero attached hydrogens (tertiary/aromatic N) is 3. The first-order valence-electron chi connectivity index (χ1n) is 7.46. The van der Waals surface area contributed by atoms with Crippen molar-refractivity contribution in [3.05, 3.63) is 47.9 Å². The van der Waals surface area contributed by atoms with Gasteiger partial charge in [-0.25, -0.2) is 17.7 Å². The molecule has 23 heavy (non-hydrogen) atoms. The number of imidazole rings is 1. The highest BCUT2D eigenvalue weighted by molar-refractivity contribution is 7.88. The molecule has 0 aliphatic carbocycles. The highest BCUT2D eigenvalue weighted by Gasteiger charge is 2.14. The summed E-state index contributed by atoms with van der Waals surface area (Å²) in [6.45, 7) is 5.04. The molecule has 0 aliphatic heterocycles. The van der Waals surface area contributed by atoms with E-state index in [1.165, 1.54) is 16.1 Å². The molecular weight excluding hydrogens is 310 g/mol. The van der Waals surface area contributed by atoms with E-state index in [0.29, 0.717) is 13.1 Å². The molecule has 0 unspecified atom stereocenters. The van der Waals surface area contributed by atoms with Gasteiger partial charge in [0.1, 0.15) is 0 Å². The Morgan fingerprint density at radius 3 is 2.48 bits per heavy atom. The molecule has 0 fully saturated rings.